The monoisotopic (exact) mass is 405 g/mol. The zero-order chi connectivity index (χ0) is 20.7. The number of carbonyl (C=O) groups is 1. The molecule has 29 heavy (non-hydrogen) atoms. The van der Waals surface area contributed by atoms with E-state index in [-0.39, 0.29) is 40.2 Å². The number of nitrogens with zero attached hydrogens (tertiary/aromatic N) is 2. The third kappa shape index (κ3) is 3.63. The fourth-order valence-electron chi connectivity index (χ4n) is 3.70. The second-order valence-electron chi connectivity index (χ2n) is 7.14. The molecule has 2 heterocycles. The van der Waals surface area contributed by atoms with Crippen molar-refractivity contribution in [2.75, 3.05) is 5.32 Å². The molecule has 2 aromatic heterocycles. The minimum absolute atomic E-state index is 0.0129. The highest BCUT2D eigenvalue weighted by atomic mass is 19.1. The Morgan fingerprint density at radius 3 is 2.76 bits per heavy atom. The van der Waals surface area contributed by atoms with Crippen LogP contribution in [-0.4, -0.2) is 38.1 Å². The number of anilines is 1. The summed E-state index contributed by atoms with van der Waals surface area (Å²) >= 11 is 0. The van der Waals surface area contributed by atoms with Gasteiger partial charge < -0.3 is 21.1 Å². The van der Waals surface area contributed by atoms with Gasteiger partial charge >= 0.3 is 5.97 Å². The van der Waals surface area contributed by atoms with Crippen LogP contribution < -0.4 is 11.1 Å². The van der Waals surface area contributed by atoms with Crippen LogP contribution in [-0.2, 0) is 0 Å². The molecule has 1 saturated carbocycles. The molecule has 152 valence electrons. The lowest BCUT2D eigenvalue weighted by Crippen LogP contribution is -2.35. The van der Waals surface area contributed by atoms with Gasteiger partial charge in [-0.1, -0.05) is 0 Å². The summed E-state index contributed by atoms with van der Waals surface area (Å²) in [5.74, 6) is -4.75. The molecule has 0 radical (unpaired) electrons. The fourth-order valence-corrected chi connectivity index (χ4v) is 3.70. The lowest BCUT2D eigenvalue weighted by Gasteiger charge is -2.28. The molecule has 3 aromatic rings. The summed E-state index contributed by atoms with van der Waals surface area (Å²) in [6.07, 6.45) is 4.36. The Morgan fingerprint density at radius 2 is 2.03 bits per heavy atom. The first-order valence-electron chi connectivity index (χ1n) is 9.13. The van der Waals surface area contributed by atoms with E-state index in [4.69, 9.17) is 5.73 Å². The normalized spacial score (nSPS) is 19.4. The number of halogens is 3. The number of hydrogen-bond acceptors (Lipinski definition) is 5. The smallest absolute Gasteiger partial charge is 0.357 e. The van der Waals surface area contributed by atoms with Crippen LogP contribution in [0.15, 0.2) is 18.3 Å². The van der Waals surface area contributed by atoms with Crippen molar-refractivity contribution in [3.63, 3.8) is 0 Å². The van der Waals surface area contributed by atoms with Gasteiger partial charge in [-0.25, -0.2) is 27.9 Å². The van der Waals surface area contributed by atoms with Gasteiger partial charge in [0.05, 0.1) is 5.52 Å². The van der Waals surface area contributed by atoms with Gasteiger partial charge in [0.2, 0.25) is 0 Å². The van der Waals surface area contributed by atoms with E-state index in [2.05, 4.69) is 20.3 Å². The predicted molar refractivity (Wildman–Crippen MR) is 100 cm³/mol. The van der Waals surface area contributed by atoms with Gasteiger partial charge in [0.25, 0.3) is 0 Å². The van der Waals surface area contributed by atoms with Crippen LogP contribution in [0.1, 0.15) is 36.2 Å². The Morgan fingerprint density at radius 1 is 1.24 bits per heavy atom. The SMILES string of the molecule is N[C@H]1CCC[C@@H](Nc2nc(-c3c[nH]c4c(F)cc(F)cc34)nc(C(=O)O)c2F)C1. The summed E-state index contributed by atoms with van der Waals surface area (Å²) in [4.78, 5) is 22.1. The zero-order valence-electron chi connectivity index (χ0n) is 15.2. The summed E-state index contributed by atoms with van der Waals surface area (Å²) in [7, 11) is 0. The number of rotatable bonds is 4. The highest BCUT2D eigenvalue weighted by molar-refractivity contribution is 5.95. The molecule has 0 unspecified atom stereocenters. The first-order valence-corrected chi connectivity index (χ1v) is 9.13. The molecule has 0 aliphatic heterocycles. The molecule has 0 amide bonds. The van der Waals surface area contributed by atoms with Crippen molar-refractivity contribution in [3.05, 3.63) is 41.5 Å². The van der Waals surface area contributed by atoms with E-state index >= 15 is 0 Å². The molecular weight excluding hydrogens is 387 g/mol. The number of benzene rings is 1. The van der Waals surface area contributed by atoms with Gasteiger partial charge in [-0.2, -0.15) is 0 Å². The quantitative estimate of drug-likeness (QED) is 0.528. The van der Waals surface area contributed by atoms with E-state index in [1.807, 2.05) is 0 Å². The first-order chi connectivity index (χ1) is 13.8. The fraction of sp³-hybridized carbons (Fsp3) is 0.316. The molecule has 1 aromatic carbocycles. The van der Waals surface area contributed by atoms with Gasteiger partial charge in [0.1, 0.15) is 11.6 Å². The minimum Gasteiger partial charge on any atom is -0.476 e. The number of nitrogens with one attached hydrogen (secondary N) is 2. The van der Waals surface area contributed by atoms with Gasteiger partial charge in [0.15, 0.2) is 23.2 Å². The summed E-state index contributed by atoms with van der Waals surface area (Å²) in [5, 5.41) is 12.4. The summed E-state index contributed by atoms with van der Waals surface area (Å²) in [5.41, 5.74) is 5.30. The number of H-pyrrole nitrogens is 1. The number of carboxylic acids is 1. The Labute approximate surface area is 163 Å². The second kappa shape index (κ2) is 7.36. The molecule has 1 aliphatic rings. The van der Waals surface area contributed by atoms with Crippen molar-refractivity contribution in [1.29, 1.82) is 0 Å². The third-order valence-electron chi connectivity index (χ3n) is 5.06. The predicted octanol–water partition coefficient (Wildman–Crippen LogP) is 3.42. The van der Waals surface area contributed by atoms with Crippen molar-refractivity contribution in [2.24, 2.45) is 5.73 Å². The Kier molecular flexibility index (Phi) is 4.87. The number of aromatic nitrogens is 3. The molecule has 0 spiro atoms. The molecule has 10 heteroatoms. The van der Waals surface area contributed by atoms with Gasteiger partial charge in [-0.05, 0) is 31.7 Å². The number of aromatic amines is 1. The average Bonchev–Trinajstić information content (AvgIpc) is 3.07. The largest absolute Gasteiger partial charge is 0.476 e. The molecule has 1 fully saturated rings. The number of hydrogen-bond donors (Lipinski definition) is 4. The van der Waals surface area contributed by atoms with Crippen LogP contribution in [0.3, 0.4) is 0 Å². The van der Waals surface area contributed by atoms with Crippen molar-refractivity contribution in [2.45, 2.75) is 37.8 Å². The second-order valence-corrected chi connectivity index (χ2v) is 7.14. The standard InChI is InChI=1S/C19H18F3N5O2/c20-8-4-11-12(7-24-15(11)13(21)5-8)17-26-16(19(28)29)14(22)18(27-17)25-10-3-1-2-9(23)6-10/h4-5,7,9-10,24H,1-3,6,23H2,(H,28,29)(H,25,26,27)/t9-,10+/m0/s1. The van der Waals surface area contributed by atoms with Crippen LogP contribution >= 0.6 is 0 Å². The van der Waals surface area contributed by atoms with E-state index in [1.165, 1.54) is 6.20 Å². The molecular formula is C19H18F3N5O2. The number of aromatic carboxylic acids is 1. The number of carboxylic acid groups (broad SMARTS) is 1. The zero-order valence-corrected chi connectivity index (χ0v) is 15.2. The molecule has 2 atom stereocenters. The van der Waals surface area contributed by atoms with Crippen molar-refractivity contribution >= 4 is 22.7 Å². The van der Waals surface area contributed by atoms with E-state index in [1.54, 1.807) is 0 Å². The van der Waals surface area contributed by atoms with Crippen molar-refractivity contribution in [1.82, 2.24) is 15.0 Å². The van der Waals surface area contributed by atoms with Crippen molar-refractivity contribution < 1.29 is 23.1 Å². The van der Waals surface area contributed by atoms with Crippen molar-refractivity contribution in [3.8, 4) is 11.4 Å². The lowest BCUT2D eigenvalue weighted by atomic mass is 9.91. The molecule has 7 nitrogen and oxygen atoms in total. The lowest BCUT2D eigenvalue weighted by molar-refractivity contribution is 0.0685. The van der Waals surface area contributed by atoms with Gasteiger partial charge in [0, 0.05) is 35.3 Å². The molecule has 1 aliphatic carbocycles. The van der Waals surface area contributed by atoms with E-state index < -0.39 is 29.1 Å². The number of fused-ring (bicyclic) bond motifs is 1. The van der Waals surface area contributed by atoms with E-state index in [0.29, 0.717) is 6.42 Å². The molecule has 0 saturated heterocycles. The summed E-state index contributed by atoms with van der Waals surface area (Å²) < 4.78 is 42.4. The van der Waals surface area contributed by atoms with Crippen LogP contribution in [0.25, 0.3) is 22.3 Å². The Bertz CT molecular complexity index is 1100. The highest BCUT2D eigenvalue weighted by Gasteiger charge is 2.26. The van der Waals surface area contributed by atoms with E-state index in [0.717, 1.165) is 31.4 Å². The molecule has 5 N–H and O–H groups in total. The van der Waals surface area contributed by atoms with Crippen LogP contribution in [0, 0.1) is 17.5 Å². The molecule has 0 bridgehead atoms. The third-order valence-corrected chi connectivity index (χ3v) is 5.06. The number of nitrogens with two attached hydrogens (primary N) is 1. The first kappa shape index (κ1) is 19.2. The maximum absolute atomic E-state index is 14.7. The Balaban J connectivity index is 1.82. The maximum atomic E-state index is 14.7. The van der Waals surface area contributed by atoms with Crippen LogP contribution in [0.2, 0.25) is 0 Å². The van der Waals surface area contributed by atoms with Crippen LogP contribution in [0.4, 0.5) is 19.0 Å². The average molecular weight is 405 g/mol. The van der Waals surface area contributed by atoms with Gasteiger partial charge in [-0.3, -0.25) is 0 Å². The van der Waals surface area contributed by atoms with E-state index in [9.17, 15) is 23.1 Å². The topological polar surface area (TPSA) is 117 Å². The highest BCUT2D eigenvalue weighted by Crippen LogP contribution is 2.31. The summed E-state index contributed by atoms with van der Waals surface area (Å²) in [6, 6.07) is 1.58. The minimum atomic E-state index is -1.58. The molecule has 4 rings (SSSR count). The Hall–Kier alpha value is -3.14. The van der Waals surface area contributed by atoms with Crippen LogP contribution in [0.5, 0.6) is 0 Å². The van der Waals surface area contributed by atoms with Gasteiger partial charge in [-0.15, -0.1) is 0 Å². The maximum Gasteiger partial charge on any atom is 0.357 e. The summed E-state index contributed by atoms with van der Waals surface area (Å²) in [6.45, 7) is 0.